The van der Waals surface area contributed by atoms with Gasteiger partial charge >= 0.3 is 5.82 Å². The molecule has 0 aliphatic rings. The molecule has 1 heterocycles. The quantitative estimate of drug-likeness (QED) is 0.676. The number of hydrogen-bond acceptors (Lipinski definition) is 5. The lowest BCUT2D eigenvalue weighted by Gasteiger charge is -2.09. The zero-order valence-electron chi connectivity index (χ0n) is 11.6. The number of nitrogens with zero attached hydrogens (tertiary/aromatic N) is 2. The highest BCUT2D eigenvalue weighted by Crippen LogP contribution is 2.23. The van der Waals surface area contributed by atoms with Crippen molar-refractivity contribution in [2.45, 2.75) is 6.92 Å². The molecule has 114 valence electrons. The fourth-order valence-electron chi connectivity index (χ4n) is 1.69. The number of carbonyl (C=O) groups excluding carboxylic acids is 1. The maximum absolute atomic E-state index is 13.1. The molecule has 0 atom stereocenters. The van der Waals surface area contributed by atoms with Gasteiger partial charge in [-0.15, -0.1) is 0 Å². The summed E-state index contributed by atoms with van der Waals surface area (Å²) in [6.45, 7) is 1.25. The lowest BCUT2D eigenvalue weighted by molar-refractivity contribution is -0.390. The van der Waals surface area contributed by atoms with Gasteiger partial charge in [-0.25, -0.2) is 4.39 Å². The normalized spacial score (nSPS) is 10.1. The maximum Gasteiger partial charge on any atom is 0.406 e. The van der Waals surface area contributed by atoms with Crippen molar-refractivity contribution in [2.24, 2.45) is 0 Å². The molecule has 0 aliphatic heterocycles. The number of amides is 1. The van der Waals surface area contributed by atoms with Crippen LogP contribution in [0.5, 0.6) is 5.75 Å². The highest BCUT2D eigenvalue weighted by molar-refractivity contribution is 5.92. The van der Waals surface area contributed by atoms with Gasteiger partial charge in [0.2, 0.25) is 5.75 Å². The molecule has 0 saturated carbocycles. The molecule has 22 heavy (non-hydrogen) atoms. The van der Waals surface area contributed by atoms with Gasteiger partial charge in [0.25, 0.3) is 5.91 Å². The van der Waals surface area contributed by atoms with Crippen LogP contribution in [0, 0.1) is 22.9 Å². The number of ether oxygens (including phenoxy) is 1. The molecule has 1 N–H and O–H groups in total. The molecule has 2 rings (SSSR count). The van der Waals surface area contributed by atoms with E-state index < -0.39 is 29.1 Å². The van der Waals surface area contributed by atoms with Crippen LogP contribution < -0.4 is 10.1 Å². The Hall–Kier alpha value is -3.03. The zero-order chi connectivity index (χ0) is 16.1. The molecule has 0 radical (unpaired) electrons. The number of benzene rings is 1. The minimum absolute atomic E-state index is 0.112. The summed E-state index contributed by atoms with van der Waals surface area (Å²) in [4.78, 5) is 25.4. The van der Waals surface area contributed by atoms with Gasteiger partial charge in [0.1, 0.15) is 12.0 Å². The van der Waals surface area contributed by atoms with Crippen LogP contribution >= 0.6 is 0 Å². The number of aromatic nitrogens is 1. The third-order valence-corrected chi connectivity index (χ3v) is 2.76. The first-order valence-corrected chi connectivity index (χ1v) is 6.25. The third-order valence-electron chi connectivity index (χ3n) is 2.76. The summed E-state index contributed by atoms with van der Waals surface area (Å²) in [5.74, 6) is -1.63. The Balaban J connectivity index is 2.02. The number of hydrogen-bond donors (Lipinski definition) is 1. The minimum atomic E-state index is -0.704. The van der Waals surface area contributed by atoms with Gasteiger partial charge in [-0.1, -0.05) is 6.07 Å². The predicted octanol–water partition coefficient (Wildman–Crippen LogP) is 2.45. The number of nitrogens with one attached hydrogen (secondary N) is 1. The van der Waals surface area contributed by atoms with E-state index in [2.05, 4.69) is 10.3 Å². The average Bonchev–Trinajstić information content (AvgIpc) is 2.49. The molecule has 0 unspecified atom stereocenters. The van der Waals surface area contributed by atoms with E-state index in [4.69, 9.17) is 4.74 Å². The van der Waals surface area contributed by atoms with Crippen LogP contribution in [-0.2, 0) is 4.79 Å². The third kappa shape index (κ3) is 3.75. The minimum Gasteiger partial charge on any atom is -0.476 e. The van der Waals surface area contributed by atoms with Crippen LogP contribution in [0.3, 0.4) is 0 Å². The fraction of sp³-hybridized carbons (Fsp3) is 0.143. The molecule has 0 bridgehead atoms. The van der Waals surface area contributed by atoms with E-state index in [1.807, 2.05) is 0 Å². The highest BCUT2D eigenvalue weighted by Gasteiger charge is 2.16. The van der Waals surface area contributed by atoms with Crippen LogP contribution in [0.1, 0.15) is 5.56 Å². The van der Waals surface area contributed by atoms with E-state index in [9.17, 15) is 19.3 Å². The number of rotatable bonds is 5. The number of aryl methyl sites for hydroxylation is 1. The Labute approximate surface area is 124 Å². The van der Waals surface area contributed by atoms with Gasteiger partial charge < -0.3 is 20.2 Å². The van der Waals surface area contributed by atoms with E-state index in [1.165, 1.54) is 36.5 Å². The summed E-state index contributed by atoms with van der Waals surface area (Å²) >= 11 is 0. The molecule has 0 spiro atoms. The number of halogens is 1. The lowest BCUT2D eigenvalue weighted by Crippen LogP contribution is -2.21. The van der Waals surface area contributed by atoms with E-state index in [0.29, 0.717) is 11.3 Å². The smallest absolute Gasteiger partial charge is 0.406 e. The molecular weight excluding hydrogens is 293 g/mol. The lowest BCUT2D eigenvalue weighted by atomic mass is 10.2. The van der Waals surface area contributed by atoms with Gasteiger partial charge in [-0.2, -0.15) is 0 Å². The molecule has 0 aliphatic carbocycles. The van der Waals surface area contributed by atoms with Crippen LogP contribution in [-0.4, -0.2) is 22.4 Å². The first kappa shape index (κ1) is 15.4. The van der Waals surface area contributed by atoms with Crippen LogP contribution in [0.2, 0.25) is 0 Å². The van der Waals surface area contributed by atoms with Crippen LogP contribution in [0.4, 0.5) is 15.9 Å². The standard InChI is InChI=1S/C14H12FN3O4/c1-9-4-5-10(15)7-11(9)17-13(19)8-22-12-3-2-6-16-14(12)18(20)21/h2-7H,8H2,1H3,(H,17,19). The van der Waals surface area contributed by atoms with Crippen molar-refractivity contribution in [1.82, 2.24) is 4.98 Å². The maximum atomic E-state index is 13.1. The van der Waals surface area contributed by atoms with Gasteiger partial charge in [0, 0.05) is 5.69 Å². The highest BCUT2D eigenvalue weighted by atomic mass is 19.1. The van der Waals surface area contributed by atoms with Crippen molar-refractivity contribution in [2.75, 3.05) is 11.9 Å². The molecular formula is C14H12FN3O4. The summed E-state index contributed by atoms with van der Waals surface area (Å²) < 4.78 is 18.2. The first-order chi connectivity index (χ1) is 10.5. The van der Waals surface area contributed by atoms with Gasteiger partial charge in [-0.3, -0.25) is 4.79 Å². The summed E-state index contributed by atoms with van der Waals surface area (Å²) in [6.07, 6.45) is 1.25. The Morgan fingerprint density at radius 3 is 2.95 bits per heavy atom. The molecule has 1 aromatic heterocycles. The van der Waals surface area contributed by atoms with E-state index in [-0.39, 0.29) is 5.75 Å². The molecule has 1 amide bonds. The summed E-state index contributed by atoms with van der Waals surface area (Å²) in [6, 6.07) is 6.78. The molecule has 0 fully saturated rings. The second-order valence-corrected chi connectivity index (χ2v) is 4.38. The number of pyridine rings is 1. The van der Waals surface area contributed by atoms with E-state index >= 15 is 0 Å². The van der Waals surface area contributed by atoms with Crippen molar-refractivity contribution in [3.8, 4) is 5.75 Å². The van der Waals surface area contributed by atoms with Gasteiger partial charge in [0.15, 0.2) is 6.61 Å². The molecule has 8 heteroatoms. The van der Waals surface area contributed by atoms with E-state index in [1.54, 1.807) is 6.92 Å². The van der Waals surface area contributed by atoms with Crippen molar-refractivity contribution < 1.29 is 18.8 Å². The SMILES string of the molecule is Cc1ccc(F)cc1NC(=O)COc1cccnc1[N+](=O)[O-]. The molecule has 1 aromatic carbocycles. The summed E-state index contributed by atoms with van der Waals surface area (Å²) in [5, 5.41) is 13.2. The molecule has 0 saturated heterocycles. The fourth-order valence-corrected chi connectivity index (χ4v) is 1.69. The Bertz CT molecular complexity index is 721. The largest absolute Gasteiger partial charge is 0.476 e. The Morgan fingerprint density at radius 1 is 1.45 bits per heavy atom. The van der Waals surface area contributed by atoms with Gasteiger partial charge in [-0.05, 0) is 46.7 Å². The Kier molecular flexibility index (Phi) is 4.62. The second kappa shape index (κ2) is 6.61. The second-order valence-electron chi connectivity index (χ2n) is 4.38. The van der Waals surface area contributed by atoms with Crippen LogP contribution in [0.15, 0.2) is 36.5 Å². The number of nitro groups is 1. The van der Waals surface area contributed by atoms with Crippen LogP contribution in [0.25, 0.3) is 0 Å². The first-order valence-electron chi connectivity index (χ1n) is 6.25. The van der Waals surface area contributed by atoms with Crippen molar-refractivity contribution in [3.05, 3.63) is 58.0 Å². The van der Waals surface area contributed by atoms with Crippen molar-refractivity contribution in [1.29, 1.82) is 0 Å². The summed E-state index contributed by atoms with van der Waals surface area (Å²) in [5.41, 5.74) is 0.997. The number of carbonyl (C=O) groups is 1. The monoisotopic (exact) mass is 305 g/mol. The Morgan fingerprint density at radius 2 is 2.23 bits per heavy atom. The molecule has 7 nitrogen and oxygen atoms in total. The zero-order valence-corrected chi connectivity index (χ0v) is 11.6. The van der Waals surface area contributed by atoms with Crippen molar-refractivity contribution >= 4 is 17.4 Å². The average molecular weight is 305 g/mol. The predicted molar refractivity (Wildman–Crippen MR) is 76.2 cm³/mol. The topological polar surface area (TPSA) is 94.4 Å². The van der Waals surface area contributed by atoms with Crippen molar-refractivity contribution in [3.63, 3.8) is 0 Å². The molecule has 2 aromatic rings. The summed E-state index contributed by atoms with van der Waals surface area (Å²) in [7, 11) is 0. The number of anilines is 1. The van der Waals surface area contributed by atoms with Gasteiger partial charge in [0.05, 0.1) is 0 Å². The van der Waals surface area contributed by atoms with E-state index in [0.717, 1.165) is 0 Å².